The molecular weight excluding hydrogens is 262 g/mol. The maximum atomic E-state index is 12.1. The fourth-order valence-corrected chi connectivity index (χ4v) is 2.26. The Morgan fingerprint density at radius 3 is 2.71 bits per heavy atom. The molecule has 2 rings (SSSR count). The number of nitrogens with one attached hydrogen (secondary N) is 1. The summed E-state index contributed by atoms with van der Waals surface area (Å²) in [4.78, 5) is 18.2. The molecule has 0 aliphatic carbocycles. The topological polar surface area (TPSA) is 45.2 Å². The van der Waals surface area contributed by atoms with E-state index in [1.54, 1.807) is 24.5 Å². The van der Waals surface area contributed by atoms with Crippen LogP contribution in [0.3, 0.4) is 0 Å². The number of carbonyl (C=O) groups excluding carboxylic acids is 1. The van der Waals surface area contributed by atoms with E-state index in [2.05, 4.69) is 40.3 Å². The Balaban J connectivity index is 2.06. The van der Waals surface area contributed by atoms with Gasteiger partial charge in [-0.25, -0.2) is 0 Å². The molecule has 0 aliphatic heterocycles. The van der Waals surface area contributed by atoms with Gasteiger partial charge in [0, 0.05) is 18.9 Å². The van der Waals surface area contributed by atoms with E-state index in [4.69, 9.17) is 0 Å². The molecule has 0 aliphatic rings. The van der Waals surface area contributed by atoms with Crippen LogP contribution in [0.1, 0.15) is 27.5 Å². The summed E-state index contributed by atoms with van der Waals surface area (Å²) in [5.41, 5.74) is 3.00. The van der Waals surface area contributed by atoms with Gasteiger partial charge in [-0.2, -0.15) is 0 Å². The maximum absolute atomic E-state index is 12.1. The highest BCUT2D eigenvalue weighted by Gasteiger charge is 2.16. The first kappa shape index (κ1) is 15.2. The van der Waals surface area contributed by atoms with E-state index >= 15 is 0 Å². The van der Waals surface area contributed by atoms with Crippen molar-refractivity contribution in [3.8, 4) is 0 Å². The van der Waals surface area contributed by atoms with Gasteiger partial charge in [0.2, 0.25) is 0 Å². The summed E-state index contributed by atoms with van der Waals surface area (Å²) in [6.45, 7) is 2.63. The van der Waals surface area contributed by atoms with Crippen LogP contribution in [0.15, 0.2) is 48.8 Å². The molecule has 21 heavy (non-hydrogen) atoms. The average molecular weight is 283 g/mol. The lowest BCUT2D eigenvalue weighted by Gasteiger charge is -2.25. The molecule has 4 heteroatoms. The molecule has 1 amide bonds. The highest BCUT2D eigenvalue weighted by molar-refractivity contribution is 5.93. The Hall–Kier alpha value is -2.20. The number of carbonyl (C=O) groups is 1. The van der Waals surface area contributed by atoms with Gasteiger partial charge >= 0.3 is 0 Å². The molecule has 1 unspecified atom stereocenters. The highest BCUT2D eigenvalue weighted by Crippen LogP contribution is 2.18. The first-order valence-corrected chi connectivity index (χ1v) is 6.99. The molecule has 0 bridgehead atoms. The summed E-state index contributed by atoms with van der Waals surface area (Å²) in [7, 11) is 4.03. The summed E-state index contributed by atoms with van der Waals surface area (Å²) < 4.78 is 0. The van der Waals surface area contributed by atoms with Crippen molar-refractivity contribution in [2.24, 2.45) is 0 Å². The van der Waals surface area contributed by atoms with E-state index in [1.807, 2.05) is 20.2 Å². The van der Waals surface area contributed by atoms with Crippen molar-refractivity contribution in [2.75, 3.05) is 20.6 Å². The molecule has 4 nitrogen and oxygen atoms in total. The molecule has 0 saturated carbocycles. The van der Waals surface area contributed by atoms with Crippen LogP contribution < -0.4 is 5.32 Å². The van der Waals surface area contributed by atoms with Crippen LogP contribution in [0.5, 0.6) is 0 Å². The van der Waals surface area contributed by atoms with Crippen molar-refractivity contribution < 1.29 is 4.79 Å². The maximum Gasteiger partial charge on any atom is 0.252 e. The van der Waals surface area contributed by atoms with Gasteiger partial charge in [0.15, 0.2) is 0 Å². The van der Waals surface area contributed by atoms with Crippen molar-refractivity contribution >= 4 is 5.91 Å². The third kappa shape index (κ3) is 4.13. The number of nitrogens with zero attached hydrogens (tertiary/aromatic N) is 2. The first-order valence-electron chi connectivity index (χ1n) is 6.99. The zero-order valence-electron chi connectivity index (χ0n) is 12.7. The van der Waals surface area contributed by atoms with Crippen molar-refractivity contribution in [3.05, 3.63) is 65.5 Å². The van der Waals surface area contributed by atoms with Crippen LogP contribution in [0.2, 0.25) is 0 Å². The van der Waals surface area contributed by atoms with E-state index < -0.39 is 0 Å². The van der Waals surface area contributed by atoms with Gasteiger partial charge in [0.1, 0.15) is 0 Å². The van der Waals surface area contributed by atoms with Crippen LogP contribution in [0.25, 0.3) is 0 Å². The lowest BCUT2D eigenvalue weighted by atomic mass is 10.0. The fourth-order valence-electron chi connectivity index (χ4n) is 2.26. The van der Waals surface area contributed by atoms with E-state index in [1.165, 1.54) is 11.1 Å². The standard InChI is InChI=1S/C17H21N3O/c1-13-6-4-7-14(10-13)16(20(2)3)12-19-17(21)15-8-5-9-18-11-15/h4-11,16H,12H2,1-3H3,(H,19,21). The van der Waals surface area contributed by atoms with E-state index in [9.17, 15) is 4.79 Å². The fraction of sp³-hybridized carbons (Fsp3) is 0.294. The first-order chi connectivity index (χ1) is 10.1. The predicted octanol–water partition coefficient (Wildman–Crippen LogP) is 2.42. The summed E-state index contributed by atoms with van der Waals surface area (Å²) >= 11 is 0. The second-order valence-corrected chi connectivity index (χ2v) is 5.35. The van der Waals surface area contributed by atoms with Gasteiger partial charge in [0.25, 0.3) is 5.91 Å². The van der Waals surface area contributed by atoms with E-state index in [-0.39, 0.29) is 11.9 Å². The molecule has 0 radical (unpaired) electrons. The van der Waals surface area contributed by atoms with Crippen molar-refractivity contribution in [2.45, 2.75) is 13.0 Å². The molecule has 0 saturated heterocycles. The van der Waals surface area contributed by atoms with E-state index in [0.717, 1.165) is 0 Å². The van der Waals surface area contributed by atoms with Crippen LogP contribution in [-0.2, 0) is 0 Å². The Morgan fingerprint density at radius 1 is 1.29 bits per heavy atom. The lowest BCUT2D eigenvalue weighted by molar-refractivity contribution is 0.0941. The number of aromatic nitrogens is 1. The largest absolute Gasteiger partial charge is 0.350 e. The van der Waals surface area contributed by atoms with Gasteiger partial charge in [-0.3, -0.25) is 9.78 Å². The summed E-state index contributed by atoms with van der Waals surface area (Å²) in [5.74, 6) is -0.0948. The lowest BCUT2D eigenvalue weighted by Crippen LogP contribution is -2.34. The second kappa shape index (κ2) is 6.99. The van der Waals surface area contributed by atoms with Crippen molar-refractivity contribution in [3.63, 3.8) is 0 Å². The van der Waals surface area contributed by atoms with Gasteiger partial charge in [0.05, 0.1) is 11.6 Å². The summed E-state index contributed by atoms with van der Waals surface area (Å²) in [6.07, 6.45) is 3.23. The minimum absolute atomic E-state index is 0.0948. The molecule has 0 fully saturated rings. The van der Waals surface area contributed by atoms with Gasteiger partial charge in [-0.1, -0.05) is 29.8 Å². The zero-order valence-corrected chi connectivity index (χ0v) is 12.7. The second-order valence-electron chi connectivity index (χ2n) is 5.35. The van der Waals surface area contributed by atoms with Gasteiger partial charge in [-0.05, 0) is 38.7 Å². The molecule has 1 N–H and O–H groups in total. The number of hydrogen-bond acceptors (Lipinski definition) is 3. The Kier molecular flexibility index (Phi) is 5.06. The molecule has 1 heterocycles. The quantitative estimate of drug-likeness (QED) is 0.916. The Bertz CT molecular complexity index is 596. The van der Waals surface area contributed by atoms with Crippen molar-refractivity contribution in [1.29, 1.82) is 0 Å². The zero-order chi connectivity index (χ0) is 15.2. The number of pyridine rings is 1. The predicted molar refractivity (Wildman–Crippen MR) is 84.2 cm³/mol. The smallest absolute Gasteiger partial charge is 0.252 e. The third-order valence-electron chi connectivity index (χ3n) is 3.43. The number of aryl methyl sites for hydroxylation is 1. The minimum atomic E-state index is -0.0948. The Morgan fingerprint density at radius 2 is 2.10 bits per heavy atom. The molecule has 2 aromatic rings. The van der Waals surface area contributed by atoms with Crippen LogP contribution >= 0.6 is 0 Å². The normalized spacial score (nSPS) is 12.2. The SMILES string of the molecule is Cc1cccc(C(CNC(=O)c2cccnc2)N(C)C)c1. The average Bonchev–Trinajstić information content (AvgIpc) is 2.48. The highest BCUT2D eigenvalue weighted by atomic mass is 16.1. The van der Waals surface area contributed by atoms with Crippen LogP contribution in [-0.4, -0.2) is 36.4 Å². The molecule has 1 aromatic carbocycles. The third-order valence-corrected chi connectivity index (χ3v) is 3.43. The van der Waals surface area contributed by atoms with Crippen LogP contribution in [0.4, 0.5) is 0 Å². The molecule has 1 aromatic heterocycles. The minimum Gasteiger partial charge on any atom is -0.350 e. The number of benzene rings is 1. The van der Waals surface area contributed by atoms with Gasteiger partial charge in [-0.15, -0.1) is 0 Å². The van der Waals surface area contributed by atoms with Crippen LogP contribution in [0, 0.1) is 6.92 Å². The number of likely N-dealkylation sites (N-methyl/N-ethyl adjacent to an activating group) is 1. The Labute approximate surface area is 125 Å². The monoisotopic (exact) mass is 283 g/mol. The van der Waals surface area contributed by atoms with E-state index in [0.29, 0.717) is 12.1 Å². The summed E-state index contributed by atoms with van der Waals surface area (Å²) in [6, 6.07) is 12.0. The molecule has 1 atom stereocenters. The number of amides is 1. The number of rotatable bonds is 5. The summed E-state index contributed by atoms with van der Waals surface area (Å²) in [5, 5.41) is 2.98. The van der Waals surface area contributed by atoms with Crippen molar-refractivity contribution in [1.82, 2.24) is 15.2 Å². The molecule has 110 valence electrons. The molecular formula is C17H21N3O. The molecule has 0 spiro atoms. The van der Waals surface area contributed by atoms with Gasteiger partial charge < -0.3 is 10.2 Å². The number of hydrogen-bond donors (Lipinski definition) is 1.